The number of urea groups is 1. The summed E-state index contributed by atoms with van der Waals surface area (Å²) in [6.07, 6.45) is 5.71. The second-order valence-electron chi connectivity index (χ2n) is 11.6. The molecule has 4 heterocycles. The molecule has 1 aromatic carbocycles. The first-order chi connectivity index (χ1) is 18.4. The van der Waals surface area contributed by atoms with E-state index in [2.05, 4.69) is 25.2 Å². The van der Waals surface area contributed by atoms with Crippen LogP contribution in [0.4, 0.5) is 10.5 Å². The maximum atomic E-state index is 13.5. The molecule has 0 bridgehead atoms. The molecule has 0 saturated carbocycles. The van der Waals surface area contributed by atoms with Crippen LogP contribution in [0, 0.1) is 11.8 Å². The van der Waals surface area contributed by atoms with Crippen LogP contribution in [-0.2, 0) is 20.7 Å². The molecule has 3 unspecified atom stereocenters. The summed E-state index contributed by atoms with van der Waals surface area (Å²) >= 11 is 1.69. The number of thioether (sulfide) groups is 1. The number of ether oxygens (including phenoxy) is 1. The van der Waals surface area contributed by atoms with Crippen LogP contribution in [0.25, 0.3) is 0 Å². The summed E-state index contributed by atoms with van der Waals surface area (Å²) in [6.45, 7) is 8.57. The van der Waals surface area contributed by atoms with Crippen LogP contribution >= 0.6 is 11.8 Å². The molecule has 4 aliphatic heterocycles. The average Bonchev–Trinajstić information content (AvgIpc) is 3.12. The Bertz CT molecular complexity index is 1010. The van der Waals surface area contributed by atoms with Crippen LogP contribution in [0.2, 0.25) is 0 Å². The van der Waals surface area contributed by atoms with Crippen LogP contribution in [0.1, 0.15) is 59.4 Å². The number of rotatable bonds is 7. The minimum absolute atomic E-state index is 0. The quantitative estimate of drug-likeness (QED) is 0.549. The highest BCUT2D eigenvalue weighted by Gasteiger charge is 2.45. The summed E-state index contributed by atoms with van der Waals surface area (Å²) in [5.74, 6) is 1.05. The first-order valence-electron chi connectivity index (χ1n) is 14.4. The summed E-state index contributed by atoms with van der Waals surface area (Å²) in [4.78, 5) is 45.6. The third-order valence-corrected chi connectivity index (χ3v) is 10.1. The minimum atomic E-state index is -0.311. The molecule has 4 amide bonds. The lowest BCUT2D eigenvalue weighted by atomic mass is 10.0. The van der Waals surface area contributed by atoms with Crippen molar-refractivity contribution in [2.45, 2.75) is 75.5 Å². The smallest absolute Gasteiger partial charge is 0.322 e. The third-order valence-electron chi connectivity index (χ3n) is 8.48. The number of anilines is 1. The SMILES string of the molecule is CC(C)CCN1C(=O)C(CC(=O)N2CCC(N3CCc4ccccc4NC3=O)CC2)SC1C1CCCOC1.[HH]. The molecule has 210 valence electrons. The number of piperidine rings is 1. The number of amides is 4. The molecule has 3 saturated heterocycles. The Kier molecular flexibility index (Phi) is 8.83. The van der Waals surface area contributed by atoms with Gasteiger partial charge in [-0.05, 0) is 56.1 Å². The fourth-order valence-corrected chi connectivity index (χ4v) is 7.81. The number of hydrogen-bond acceptors (Lipinski definition) is 5. The molecule has 4 aliphatic rings. The summed E-state index contributed by atoms with van der Waals surface area (Å²) in [5.41, 5.74) is 2.06. The van der Waals surface area contributed by atoms with E-state index < -0.39 is 0 Å². The highest BCUT2D eigenvalue weighted by Crippen LogP contribution is 2.41. The van der Waals surface area contributed by atoms with Gasteiger partial charge in [0.2, 0.25) is 11.8 Å². The summed E-state index contributed by atoms with van der Waals surface area (Å²) in [5, 5.41) is 2.86. The van der Waals surface area contributed by atoms with Gasteiger partial charge in [-0.1, -0.05) is 32.0 Å². The van der Waals surface area contributed by atoms with Gasteiger partial charge >= 0.3 is 6.03 Å². The van der Waals surface area contributed by atoms with Gasteiger partial charge in [-0.25, -0.2) is 4.79 Å². The topological polar surface area (TPSA) is 82.2 Å². The lowest BCUT2D eigenvalue weighted by Crippen LogP contribution is -2.50. The van der Waals surface area contributed by atoms with Crippen LogP contribution < -0.4 is 5.32 Å². The molecule has 3 fully saturated rings. The maximum absolute atomic E-state index is 13.5. The Morgan fingerprint density at radius 3 is 2.68 bits per heavy atom. The van der Waals surface area contributed by atoms with Gasteiger partial charge in [0.1, 0.15) is 0 Å². The largest absolute Gasteiger partial charge is 0.381 e. The van der Waals surface area contributed by atoms with Crippen molar-refractivity contribution in [3.8, 4) is 0 Å². The van der Waals surface area contributed by atoms with Crippen molar-refractivity contribution < 1.29 is 20.5 Å². The first kappa shape index (κ1) is 27.3. The fourth-order valence-electron chi connectivity index (χ4n) is 6.19. The van der Waals surface area contributed by atoms with Crippen LogP contribution in [0.3, 0.4) is 0 Å². The third kappa shape index (κ3) is 6.14. The molecule has 1 N–H and O–H groups in total. The van der Waals surface area contributed by atoms with E-state index in [0.717, 1.165) is 62.9 Å². The number of para-hydroxylation sites is 1. The number of hydrogen-bond donors (Lipinski definition) is 1. The van der Waals surface area contributed by atoms with E-state index in [4.69, 9.17) is 4.74 Å². The second-order valence-corrected chi connectivity index (χ2v) is 12.9. The molecular formula is C29H44N4O4S. The van der Waals surface area contributed by atoms with Gasteiger partial charge in [-0.3, -0.25) is 9.59 Å². The molecule has 0 aliphatic carbocycles. The van der Waals surface area contributed by atoms with Crippen molar-refractivity contribution in [1.82, 2.24) is 14.7 Å². The van der Waals surface area contributed by atoms with Gasteiger partial charge in [-0.15, -0.1) is 11.8 Å². The number of carbonyl (C=O) groups is 3. The molecule has 1 aromatic rings. The Morgan fingerprint density at radius 2 is 1.95 bits per heavy atom. The van der Waals surface area contributed by atoms with E-state index in [1.54, 1.807) is 11.8 Å². The monoisotopic (exact) mass is 544 g/mol. The maximum Gasteiger partial charge on any atom is 0.322 e. The molecular weight excluding hydrogens is 500 g/mol. The van der Waals surface area contributed by atoms with E-state index in [0.29, 0.717) is 38.1 Å². The second kappa shape index (κ2) is 12.3. The Balaban J connectivity index is 0.00000353. The molecule has 38 heavy (non-hydrogen) atoms. The standard InChI is InChI=1S/C29H42N4O4S.H2/c1-20(2)9-15-33-27(35)25(38-28(33)22-7-5-17-37-19-22)18-26(34)31-13-11-23(12-14-31)32-16-10-21-6-3-4-8-24(21)30-29(32)36;/h3-4,6,8,20,22-23,25,28H,5,7,9-19H2,1-2H3,(H,30,36);1H. The van der Waals surface area contributed by atoms with E-state index >= 15 is 0 Å². The zero-order valence-corrected chi connectivity index (χ0v) is 23.6. The van der Waals surface area contributed by atoms with Gasteiger partial charge in [-0.2, -0.15) is 0 Å². The Hall–Kier alpha value is -2.26. The molecule has 3 atom stereocenters. The number of likely N-dealkylation sites (tertiary alicyclic amines) is 1. The predicted molar refractivity (Wildman–Crippen MR) is 152 cm³/mol. The van der Waals surface area contributed by atoms with Crippen molar-refractivity contribution in [3.63, 3.8) is 0 Å². The highest BCUT2D eigenvalue weighted by molar-refractivity contribution is 8.01. The zero-order chi connectivity index (χ0) is 26.6. The van der Waals surface area contributed by atoms with Gasteiger partial charge < -0.3 is 24.8 Å². The first-order valence-corrected chi connectivity index (χ1v) is 15.3. The average molecular weight is 545 g/mol. The van der Waals surface area contributed by atoms with Gasteiger partial charge in [0.25, 0.3) is 0 Å². The predicted octanol–water partition coefficient (Wildman–Crippen LogP) is 4.45. The number of nitrogens with zero attached hydrogens (tertiary/aromatic N) is 3. The molecule has 9 heteroatoms. The van der Waals surface area contributed by atoms with Crippen molar-refractivity contribution >= 4 is 35.3 Å². The number of fused-ring (bicyclic) bond motifs is 1. The van der Waals surface area contributed by atoms with Crippen molar-refractivity contribution in [1.29, 1.82) is 0 Å². The van der Waals surface area contributed by atoms with Crippen LogP contribution in [0.15, 0.2) is 24.3 Å². The van der Waals surface area contributed by atoms with Gasteiger partial charge in [0.15, 0.2) is 0 Å². The summed E-state index contributed by atoms with van der Waals surface area (Å²) in [6, 6.07) is 8.05. The van der Waals surface area contributed by atoms with E-state index in [1.807, 2.05) is 32.9 Å². The van der Waals surface area contributed by atoms with Crippen LogP contribution in [-0.4, -0.2) is 88.6 Å². The summed E-state index contributed by atoms with van der Waals surface area (Å²) < 4.78 is 5.75. The number of nitrogens with one attached hydrogen (secondary N) is 1. The molecule has 0 radical (unpaired) electrons. The van der Waals surface area contributed by atoms with E-state index in [-0.39, 0.29) is 42.4 Å². The van der Waals surface area contributed by atoms with Crippen molar-refractivity contribution in [2.24, 2.45) is 11.8 Å². The lowest BCUT2D eigenvalue weighted by Gasteiger charge is -2.38. The minimum Gasteiger partial charge on any atom is -0.381 e. The van der Waals surface area contributed by atoms with Gasteiger partial charge in [0.05, 0.1) is 17.2 Å². The highest BCUT2D eigenvalue weighted by atomic mass is 32.2. The molecule has 0 aromatic heterocycles. The summed E-state index contributed by atoms with van der Waals surface area (Å²) in [7, 11) is 0. The van der Waals surface area contributed by atoms with Gasteiger partial charge in [0, 0.05) is 58.3 Å². The Morgan fingerprint density at radius 1 is 1.16 bits per heavy atom. The number of carbonyl (C=O) groups excluding carboxylic acids is 3. The normalized spacial score (nSPS) is 26.9. The van der Waals surface area contributed by atoms with Crippen molar-refractivity contribution in [3.05, 3.63) is 29.8 Å². The van der Waals surface area contributed by atoms with Crippen molar-refractivity contribution in [2.75, 3.05) is 44.7 Å². The fraction of sp³-hybridized carbons (Fsp3) is 0.690. The molecule has 5 rings (SSSR count). The molecule has 8 nitrogen and oxygen atoms in total. The zero-order valence-electron chi connectivity index (χ0n) is 22.8. The Labute approximate surface area is 232 Å². The van der Waals surface area contributed by atoms with E-state index in [9.17, 15) is 14.4 Å². The van der Waals surface area contributed by atoms with E-state index in [1.165, 1.54) is 0 Å². The lowest BCUT2D eigenvalue weighted by molar-refractivity contribution is -0.137. The molecule has 0 spiro atoms. The number of benzene rings is 1. The van der Waals surface area contributed by atoms with Crippen LogP contribution in [0.5, 0.6) is 0 Å².